The number of benzene rings is 1. The van der Waals surface area contributed by atoms with Gasteiger partial charge in [0.2, 0.25) is 0 Å². The molecule has 1 aliphatic rings. The number of anilines is 1. The van der Waals surface area contributed by atoms with E-state index in [1.54, 1.807) is 6.08 Å². The van der Waals surface area contributed by atoms with E-state index in [4.69, 9.17) is 9.84 Å². The van der Waals surface area contributed by atoms with Crippen molar-refractivity contribution in [3.05, 3.63) is 40.2 Å². The van der Waals surface area contributed by atoms with E-state index in [1.165, 1.54) is 19.3 Å². The minimum Gasteiger partial charge on any atom is -0.494 e. The highest BCUT2D eigenvalue weighted by atomic mass is 19.1. The fourth-order valence-electron chi connectivity index (χ4n) is 2.15. The molecule has 0 fully saturated rings. The number of halogens is 1. The van der Waals surface area contributed by atoms with Crippen molar-refractivity contribution in [3.8, 4) is 5.75 Å². The van der Waals surface area contributed by atoms with Crippen LogP contribution in [0.1, 0.15) is 6.42 Å². The summed E-state index contributed by atoms with van der Waals surface area (Å²) in [6.45, 7) is 0. The number of nitrogens with zero attached hydrogens (tertiary/aromatic N) is 1. The largest absolute Gasteiger partial charge is 0.494 e. The van der Waals surface area contributed by atoms with E-state index < -0.39 is 28.3 Å². The zero-order chi connectivity index (χ0) is 15.6. The van der Waals surface area contributed by atoms with Crippen LogP contribution in [-0.2, 0) is 4.79 Å². The number of ether oxygens (including phenoxy) is 1. The second kappa shape index (κ2) is 5.78. The van der Waals surface area contributed by atoms with Gasteiger partial charge in [-0.1, -0.05) is 12.2 Å². The van der Waals surface area contributed by atoms with Crippen LogP contribution in [-0.4, -0.2) is 29.2 Å². The van der Waals surface area contributed by atoms with Crippen molar-refractivity contribution in [2.24, 2.45) is 5.92 Å². The first-order chi connectivity index (χ1) is 9.92. The molecule has 0 saturated carbocycles. The predicted molar refractivity (Wildman–Crippen MR) is 71.9 cm³/mol. The molecule has 1 aromatic rings. The van der Waals surface area contributed by atoms with Crippen molar-refractivity contribution >= 4 is 17.3 Å². The Kier molecular flexibility index (Phi) is 4.06. The number of nitrogens with one attached hydrogen (secondary N) is 1. The number of hydrogen-bond donors (Lipinski definition) is 2. The third kappa shape index (κ3) is 3.10. The normalized spacial score (nSPS) is 20.3. The second-order valence-electron chi connectivity index (χ2n) is 4.58. The average Bonchev–Trinajstić information content (AvgIpc) is 2.88. The molecule has 0 spiro atoms. The van der Waals surface area contributed by atoms with Crippen molar-refractivity contribution in [2.75, 3.05) is 12.4 Å². The Labute approximate surface area is 119 Å². The maximum Gasteiger partial charge on any atom is 0.310 e. The summed E-state index contributed by atoms with van der Waals surface area (Å²) in [6.07, 6.45) is 3.41. The van der Waals surface area contributed by atoms with Crippen LogP contribution in [0.25, 0.3) is 0 Å². The molecule has 2 rings (SSSR count). The molecule has 112 valence electrons. The number of hydrogen-bond acceptors (Lipinski definition) is 5. The molecule has 2 unspecified atom stereocenters. The SMILES string of the molecule is COc1cc(NC2C=CC(C(=O)O)C2)c([N+](=O)[O-])cc1F. The Balaban J connectivity index is 2.25. The molecule has 0 bridgehead atoms. The van der Waals surface area contributed by atoms with Gasteiger partial charge >= 0.3 is 5.97 Å². The predicted octanol–water partition coefficient (Wildman–Crippen LogP) is 2.18. The molecule has 0 amide bonds. The minimum atomic E-state index is -0.957. The van der Waals surface area contributed by atoms with Crippen molar-refractivity contribution in [1.29, 1.82) is 0 Å². The second-order valence-corrected chi connectivity index (χ2v) is 4.58. The molecule has 7 nitrogen and oxygen atoms in total. The first-order valence-corrected chi connectivity index (χ1v) is 6.12. The Morgan fingerprint density at radius 2 is 2.24 bits per heavy atom. The number of aliphatic carboxylic acids is 1. The van der Waals surface area contributed by atoms with Gasteiger partial charge in [0, 0.05) is 12.1 Å². The number of rotatable bonds is 5. The minimum absolute atomic E-state index is 0.0824. The molecule has 21 heavy (non-hydrogen) atoms. The van der Waals surface area contributed by atoms with E-state index in [-0.39, 0.29) is 23.9 Å². The third-order valence-electron chi connectivity index (χ3n) is 3.21. The number of carboxylic acids is 1. The van der Waals surface area contributed by atoms with Crippen LogP contribution >= 0.6 is 0 Å². The van der Waals surface area contributed by atoms with Gasteiger partial charge in [0.15, 0.2) is 11.6 Å². The molecule has 2 N–H and O–H groups in total. The molecule has 2 atom stereocenters. The summed E-state index contributed by atoms with van der Waals surface area (Å²) < 4.78 is 18.3. The first-order valence-electron chi connectivity index (χ1n) is 6.12. The summed E-state index contributed by atoms with van der Waals surface area (Å²) in [5.41, 5.74) is -0.348. The molecule has 0 heterocycles. The molecule has 1 aromatic carbocycles. The number of carboxylic acid groups (broad SMARTS) is 1. The zero-order valence-corrected chi connectivity index (χ0v) is 11.1. The fourth-order valence-corrected chi connectivity index (χ4v) is 2.15. The average molecular weight is 296 g/mol. The van der Waals surface area contributed by atoms with Crippen LogP contribution in [0, 0.1) is 21.8 Å². The van der Waals surface area contributed by atoms with Gasteiger partial charge in [-0.25, -0.2) is 4.39 Å². The summed E-state index contributed by atoms with van der Waals surface area (Å²) >= 11 is 0. The zero-order valence-electron chi connectivity index (χ0n) is 11.1. The molecule has 0 radical (unpaired) electrons. The molecule has 0 aliphatic heterocycles. The van der Waals surface area contributed by atoms with Crippen LogP contribution in [0.4, 0.5) is 15.8 Å². The summed E-state index contributed by atoms with van der Waals surface area (Å²) in [5, 5.41) is 22.7. The Morgan fingerprint density at radius 3 is 2.76 bits per heavy atom. The van der Waals surface area contributed by atoms with Crippen LogP contribution in [0.3, 0.4) is 0 Å². The number of methoxy groups -OCH3 is 1. The quantitative estimate of drug-likeness (QED) is 0.490. The van der Waals surface area contributed by atoms with Crippen molar-refractivity contribution < 1.29 is 24.0 Å². The molecule has 0 saturated heterocycles. The van der Waals surface area contributed by atoms with Crippen LogP contribution in [0.5, 0.6) is 5.75 Å². The Bertz CT molecular complexity index is 617. The summed E-state index contributed by atoms with van der Waals surface area (Å²) in [7, 11) is 1.25. The Hall–Kier alpha value is -2.64. The van der Waals surface area contributed by atoms with Crippen molar-refractivity contribution in [1.82, 2.24) is 0 Å². The van der Waals surface area contributed by atoms with Gasteiger partial charge in [-0.3, -0.25) is 14.9 Å². The van der Waals surface area contributed by atoms with Gasteiger partial charge in [0.25, 0.3) is 5.69 Å². The van der Waals surface area contributed by atoms with Crippen LogP contribution < -0.4 is 10.1 Å². The van der Waals surface area contributed by atoms with E-state index in [2.05, 4.69) is 5.32 Å². The molecule has 8 heteroatoms. The number of nitro benzene ring substituents is 1. The number of carbonyl (C=O) groups is 1. The molecular weight excluding hydrogens is 283 g/mol. The van der Waals surface area contributed by atoms with Gasteiger partial charge < -0.3 is 15.2 Å². The van der Waals surface area contributed by atoms with Gasteiger partial charge in [-0.2, -0.15) is 0 Å². The highest BCUT2D eigenvalue weighted by Gasteiger charge is 2.27. The van der Waals surface area contributed by atoms with Crippen LogP contribution in [0.2, 0.25) is 0 Å². The van der Waals surface area contributed by atoms with E-state index in [0.717, 1.165) is 6.07 Å². The van der Waals surface area contributed by atoms with E-state index in [9.17, 15) is 19.3 Å². The van der Waals surface area contributed by atoms with E-state index in [0.29, 0.717) is 0 Å². The van der Waals surface area contributed by atoms with Gasteiger partial charge in [0.05, 0.1) is 24.0 Å². The highest BCUT2D eigenvalue weighted by Crippen LogP contribution is 2.33. The lowest BCUT2D eigenvalue weighted by molar-refractivity contribution is -0.384. The summed E-state index contributed by atoms with van der Waals surface area (Å²) in [5.74, 6) is -2.55. The molecule has 0 aromatic heterocycles. The molecule has 1 aliphatic carbocycles. The fraction of sp³-hybridized carbons (Fsp3) is 0.308. The Morgan fingerprint density at radius 1 is 1.52 bits per heavy atom. The van der Waals surface area contributed by atoms with Crippen LogP contribution in [0.15, 0.2) is 24.3 Å². The number of nitro groups is 1. The lowest BCUT2D eigenvalue weighted by atomic mass is 10.1. The van der Waals surface area contributed by atoms with Crippen molar-refractivity contribution in [2.45, 2.75) is 12.5 Å². The van der Waals surface area contributed by atoms with Gasteiger partial charge in [-0.15, -0.1) is 0 Å². The van der Waals surface area contributed by atoms with E-state index >= 15 is 0 Å². The lowest BCUT2D eigenvalue weighted by Gasteiger charge is -2.14. The maximum absolute atomic E-state index is 13.5. The first kappa shape index (κ1) is 14.8. The maximum atomic E-state index is 13.5. The smallest absolute Gasteiger partial charge is 0.310 e. The third-order valence-corrected chi connectivity index (χ3v) is 3.21. The lowest BCUT2D eigenvalue weighted by Crippen LogP contribution is -2.19. The monoisotopic (exact) mass is 296 g/mol. The topological polar surface area (TPSA) is 102 Å². The highest BCUT2D eigenvalue weighted by molar-refractivity contribution is 5.73. The summed E-state index contributed by atoms with van der Waals surface area (Å²) in [4.78, 5) is 21.1. The van der Waals surface area contributed by atoms with E-state index in [1.807, 2.05) is 0 Å². The summed E-state index contributed by atoms with van der Waals surface area (Å²) in [6, 6.07) is 1.59. The standard InChI is InChI=1S/C13H13FN2O5/c1-21-12-6-10(11(16(19)20)5-9(12)14)15-8-3-2-7(4-8)13(17)18/h2-3,5-8,15H,4H2,1H3,(H,17,18). The molecular formula is C13H13FN2O5. The van der Waals surface area contributed by atoms with Crippen molar-refractivity contribution in [3.63, 3.8) is 0 Å². The van der Waals surface area contributed by atoms with Gasteiger partial charge in [0.1, 0.15) is 5.69 Å². The van der Waals surface area contributed by atoms with Gasteiger partial charge in [-0.05, 0) is 6.42 Å².